The number of hydrogen-bond acceptors (Lipinski definition) is 2. The second kappa shape index (κ2) is 4.28. The van der Waals surface area contributed by atoms with Crippen LogP contribution < -0.4 is 0 Å². The number of carbonyl (C=O) groups is 1. The largest absolute Gasteiger partial charge is 0.298 e. The summed E-state index contributed by atoms with van der Waals surface area (Å²) >= 11 is 7.38. The van der Waals surface area contributed by atoms with Crippen LogP contribution in [0.25, 0.3) is 10.1 Å². The summed E-state index contributed by atoms with van der Waals surface area (Å²) in [7, 11) is 0. The van der Waals surface area contributed by atoms with E-state index in [0.29, 0.717) is 0 Å². The van der Waals surface area contributed by atoms with E-state index in [0.717, 1.165) is 22.6 Å². The first-order valence-electron chi connectivity index (χ1n) is 3.97. The predicted molar refractivity (Wildman–Crippen MR) is 72.6 cm³/mol. The molecule has 72 valence electrons. The molecule has 1 heterocycles. The molecule has 0 unspecified atom stereocenters. The molecule has 0 atom stereocenters. The van der Waals surface area contributed by atoms with Crippen molar-refractivity contribution < 1.29 is 4.79 Å². The van der Waals surface area contributed by atoms with Crippen LogP contribution >= 0.6 is 49.9 Å². The Morgan fingerprint density at radius 2 is 2.29 bits per heavy atom. The van der Waals surface area contributed by atoms with Crippen molar-refractivity contribution in [2.45, 2.75) is 5.33 Å². The van der Waals surface area contributed by atoms with Gasteiger partial charge in [0.05, 0.1) is 0 Å². The summed E-state index contributed by atoms with van der Waals surface area (Å²) in [6.07, 6.45) is 0.920. The molecule has 1 aromatic heterocycles. The van der Waals surface area contributed by atoms with Crippen LogP contribution in [0, 0.1) is 3.57 Å². The van der Waals surface area contributed by atoms with Gasteiger partial charge in [0, 0.05) is 29.9 Å². The third-order valence-corrected chi connectivity index (χ3v) is 4.62. The van der Waals surface area contributed by atoms with Crippen molar-refractivity contribution in [3.8, 4) is 0 Å². The smallest absolute Gasteiger partial charge is 0.151 e. The van der Waals surface area contributed by atoms with Gasteiger partial charge < -0.3 is 0 Å². The Balaban J connectivity index is 2.76. The van der Waals surface area contributed by atoms with Gasteiger partial charge in [0.1, 0.15) is 0 Å². The summed E-state index contributed by atoms with van der Waals surface area (Å²) < 4.78 is 2.42. The zero-order chi connectivity index (χ0) is 10.1. The van der Waals surface area contributed by atoms with E-state index in [-0.39, 0.29) is 0 Å². The van der Waals surface area contributed by atoms with Gasteiger partial charge in [0.2, 0.25) is 0 Å². The number of fused-ring (bicyclic) bond motifs is 1. The zero-order valence-electron chi connectivity index (χ0n) is 7.09. The van der Waals surface area contributed by atoms with Crippen molar-refractivity contribution in [2.24, 2.45) is 0 Å². The van der Waals surface area contributed by atoms with Crippen LogP contribution in [-0.2, 0) is 5.33 Å². The van der Waals surface area contributed by atoms with E-state index >= 15 is 0 Å². The number of alkyl halides is 1. The molecule has 0 aliphatic carbocycles. The minimum Gasteiger partial charge on any atom is -0.298 e. The molecule has 1 aromatic carbocycles. The van der Waals surface area contributed by atoms with Crippen LogP contribution in [0.4, 0.5) is 0 Å². The lowest BCUT2D eigenvalue weighted by Gasteiger charge is -2.00. The fourth-order valence-corrected chi connectivity index (χ4v) is 4.09. The van der Waals surface area contributed by atoms with Gasteiger partial charge in [-0.1, -0.05) is 15.9 Å². The van der Waals surface area contributed by atoms with Gasteiger partial charge in [-0.25, -0.2) is 0 Å². The molecule has 0 radical (unpaired) electrons. The highest BCUT2D eigenvalue weighted by Gasteiger charge is 2.06. The van der Waals surface area contributed by atoms with E-state index in [4.69, 9.17) is 0 Å². The Hall–Kier alpha value is 0.0600. The molecule has 14 heavy (non-hydrogen) atoms. The van der Waals surface area contributed by atoms with Gasteiger partial charge in [0.15, 0.2) is 6.29 Å². The highest BCUT2D eigenvalue weighted by atomic mass is 127. The number of halogens is 2. The summed E-state index contributed by atoms with van der Waals surface area (Å²) in [5.41, 5.74) is 2.03. The average molecular weight is 381 g/mol. The molecule has 0 N–H and O–H groups in total. The summed E-state index contributed by atoms with van der Waals surface area (Å²) in [5.74, 6) is 0. The number of benzene rings is 1. The number of rotatable bonds is 2. The standard InChI is InChI=1S/C10H6BrIOS/c11-3-6-1-8-7(4-13)5-14-10(8)2-9(6)12/h1-2,4-5H,3H2. The summed E-state index contributed by atoms with van der Waals surface area (Å²) in [6.45, 7) is 0. The zero-order valence-corrected chi connectivity index (χ0v) is 11.6. The Labute approximate surface area is 108 Å². The van der Waals surface area contributed by atoms with E-state index in [1.54, 1.807) is 11.3 Å². The van der Waals surface area contributed by atoms with Crippen molar-refractivity contribution in [1.29, 1.82) is 0 Å². The molecular formula is C10H6BrIOS. The fraction of sp³-hybridized carbons (Fsp3) is 0.100. The monoisotopic (exact) mass is 380 g/mol. The molecule has 0 saturated heterocycles. The predicted octanol–water partition coefficient (Wildman–Crippen LogP) is 4.21. The summed E-state index contributed by atoms with van der Waals surface area (Å²) in [5, 5.41) is 3.81. The van der Waals surface area contributed by atoms with Crippen molar-refractivity contribution in [1.82, 2.24) is 0 Å². The minimum atomic E-state index is 0.795. The van der Waals surface area contributed by atoms with E-state index in [1.165, 1.54) is 13.8 Å². The second-order valence-electron chi connectivity index (χ2n) is 2.88. The number of thiophene rings is 1. The number of hydrogen-bond donors (Lipinski definition) is 0. The van der Waals surface area contributed by atoms with Gasteiger partial charge >= 0.3 is 0 Å². The summed E-state index contributed by atoms with van der Waals surface area (Å²) in [4.78, 5) is 10.8. The number of aldehydes is 1. The van der Waals surface area contributed by atoms with Crippen LogP contribution in [-0.4, -0.2) is 6.29 Å². The lowest BCUT2D eigenvalue weighted by molar-refractivity contribution is 0.112. The van der Waals surface area contributed by atoms with E-state index in [9.17, 15) is 4.79 Å². The molecule has 2 aromatic rings. The van der Waals surface area contributed by atoms with Crippen LogP contribution in [0.5, 0.6) is 0 Å². The normalized spacial score (nSPS) is 10.7. The lowest BCUT2D eigenvalue weighted by atomic mass is 10.1. The molecular weight excluding hydrogens is 375 g/mol. The summed E-state index contributed by atoms with van der Waals surface area (Å²) in [6, 6.07) is 4.22. The van der Waals surface area contributed by atoms with Gasteiger partial charge in [-0.2, -0.15) is 0 Å². The molecule has 0 saturated carbocycles. The van der Waals surface area contributed by atoms with Gasteiger partial charge in [-0.05, 0) is 40.3 Å². The minimum absolute atomic E-state index is 0.795. The third-order valence-electron chi connectivity index (χ3n) is 2.04. The highest BCUT2D eigenvalue weighted by Crippen LogP contribution is 2.29. The van der Waals surface area contributed by atoms with Gasteiger partial charge in [-0.15, -0.1) is 11.3 Å². The first-order valence-corrected chi connectivity index (χ1v) is 7.05. The average Bonchev–Trinajstić information content (AvgIpc) is 2.58. The Bertz CT molecular complexity index is 492. The van der Waals surface area contributed by atoms with Gasteiger partial charge in [-0.3, -0.25) is 4.79 Å². The number of carbonyl (C=O) groups excluding carboxylic acids is 1. The van der Waals surface area contributed by atoms with E-state index < -0.39 is 0 Å². The second-order valence-corrected chi connectivity index (χ2v) is 5.52. The first kappa shape index (κ1) is 10.6. The maximum Gasteiger partial charge on any atom is 0.151 e. The van der Waals surface area contributed by atoms with Gasteiger partial charge in [0.25, 0.3) is 0 Å². The molecule has 1 nitrogen and oxygen atoms in total. The Morgan fingerprint density at radius 3 is 2.93 bits per heavy atom. The van der Waals surface area contributed by atoms with Crippen molar-refractivity contribution in [2.75, 3.05) is 0 Å². The van der Waals surface area contributed by atoms with Crippen LogP contribution in [0.2, 0.25) is 0 Å². The molecule has 0 fully saturated rings. The van der Waals surface area contributed by atoms with Crippen LogP contribution in [0.15, 0.2) is 17.5 Å². The van der Waals surface area contributed by atoms with Crippen LogP contribution in [0.1, 0.15) is 15.9 Å². The molecule has 0 bridgehead atoms. The maximum atomic E-state index is 10.8. The third kappa shape index (κ3) is 1.75. The van der Waals surface area contributed by atoms with Crippen molar-refractivity contribution in [3.63, 3.8) is 0 Å². The molecule has 0 amide bonds. The quantitative estimate of drug-likeness (QED) is 0.433. The maximum absolute atomic E-state index is 10.8. The lowest BCUT2D eigenvalue weighted by Crippen LogP contribution is -1.84. The molecule has 0 aliphatic rings. The van der Waals surface area contributed by atoms with Crippen molar-refractivity contribution in [3.05, 3.63) is 32.2 Å². The SMILES string of the molecule is O=Cc1csc2cc(I)c(CBr)cc12. The van der Waals surface area contributed by atoms with E-state index in [1.807, 2.05) is 5.38 Å². The Morgan fingerprint density at radius 1 is 1.50 bits per heavy atom. The first-order chi connectivity index (χ1) is 6.76. The highest BCUT2D eigenvalue weighted by molar-refractivity contribution is 14.1. The van der Waals surface area contributed by atoms with Crippen molar-refractivity contribution >= 4 is 66.2 Å². The topological polar surface area (TPSA) is 17.1 Å². The van der Waals surface area contributed by atoms with E-state index in [2.05, 4.69) is 50.7 Å². The molecule has 4 heteroatoms. The Kier molecular flexibility index (Phi) is 3.23. The molecule has 2 rings (SSSR count). The fourth-order valence-electron chi connectivity index (χ4n) is 1.31. The molecule has 0 spiro atoms. The molecule has 0 aliphatic heterocycles. The van der Waals surface area contributed by atoms with Crippen LogP contribution in [0.3, 0.4) is 0 Å².